The zero-order valence-corrected chi connectivity index (χ0v) is 19.7. The zero-order chi connectivity index (χ0) is 21.3. The summed E-state index contributed by atoms with van der Waals surface area (Å²) in [6.45, 7) is 4.47. The van der Waals surface area contributed by atoms with E-state index in [1.165, 1.54) is 64.0 Å². The van der Waals surface area contributed by atoms with Gasteiger partial charge in [-0.15, -0.1) is 0 Å². The number of hydrogen-bond acceptors (Lipinski definition) is 4. The average Bonchev–Trinajstić information content (AvgIpc) is 2.81. The van der Waals surface area contributed by atoms with Crippen molar-refractivity contribution in [2.75, 3.05) is 44.4 Å². The van der Waals surface area contributed by atoms with E-state index in [4.69, 9.17) is 0 Å². The van der Waals surface area contributed by atoms with Crippen LogP contribution in [0.4, 0.5) is 0 Å². The first-order chi connectivity index (χ1) is 12.9. The molecule has 3 atom stereocenters. The summed E-state index contributed by atoms with van der Waals surface area (Å²) in [4.78, 5) is 0. The van der Waals surface area contributed by atoms with Crippen molar-refractivity contribution in [3.63, 3.8) is 0 Å². The summed E-state index contributed by atoms with van der Waals surface area (Å²) in [7, 11) is -5.18. The topological polar surface area (TPSA) is 88.5 Å². The molecule has 0 aromatic carbocycles. The lowest BCUT2D eigenvalue weighted by molar-refractivity contribution is -0.900. The van der Waals surface area contributed by atoms with Crippen LogP contribution in [0.25, 0.3) is 0 Å². The highest BCUT2D eigenvalue weighted by Gasteiger charge is 2.45. The molecule has 8 heteroatoms. The van der Waals surface area contributed by atoms with Gasteiger partial charge in [-0.1, -0.05) is 58.3 Å². The highest BCUT2D eigenvalue weighted by Crippen LogP contribution is 2.31. The van der Waals surface area contributed by atoms with Gasteiger partial charge in [0.05, 0.1) is 38.2 Å². The van der Waals surface area contributed by atoms with Gasteiger partial charge in [0.15, 0.2) is 0 Å². The third-order valence-electron chi connectivity index (χ3n) is 6.01. The van der Waals surface area contributed by atoms with Gasteiger partial charge < -0.3 is 4.48 Å². The second kappa shape index (κ2) is 11.9. The van der Waals surface area contributed by atoms with Gasteiger partial charge in [-0.05, 0) is 12.8 Å². The first kappa shape index (κ1) is 25.9. The summed E-state index contributed by atoms with van der Waals surface area (Å²) in [6.07, 6.45) is 13.9. The Kier molecular flexibility index (Phi) is 11.0. The Bertz CT molecular complexity index is 604. The number of quaternary nitrogens is 1. The van der Waals surface area contributed by atoms with Gasteiger partial charge in [0, 0.05) is 18.1 Å². The van der Waals surface area contributed by atoms with Crippen molar-refractivity contribution in [3.8, 4) is 0 Å². The minimum atomic E-state index is -4.10. The third-order valence-corrected chi connectivity index (χ3v) is 7.89. The maximum atomic E-state index is 11.7. The van der Waals surface area contributed by atoms with Crippen LogP contribution in [-0.4, -0.2) is 70.3 Å². The fourth-order valence-corrected chi connectivity index (χ4v) is 6.78. The van der Waals surface area contributed by atoms with E-state index in [-0.39, 0.29) is 23.3 Å². The quantitative estimate of drug-likeness (QED) is 0.239. The summed E-state index contributed by atoms with van der Waals surface area (Å²) in [5, 5.41) is 0. The molecule has 168 valence electrons. The maximum Gasteiger partial charge on any atom is 0.265 e. The number of nitrogens with zero attached hydrogens (tertiary/aromatic N) is 1. The number of likely N-dealkylation sites (tertiary alicyclic amines) is 1. The van der Waals surface area contributed by atoms with Gasteiger partial charge in [0.2, 0.25) is 0 Å². The molecule has 28 heavy (non-hydrogen) atoms. The second-order valence-corrected chi connectivity index (χ2v) is 12.9. The number of hydrogen-bond donors (Lipinski definition) is 1. The highest BCUT2D eigenvalue weighted by atomic mass is 32.2. The molecule has 0 amide bonds. The maximum absolute atomic E-state index is 11.7. The van der Waals surface area contributed by atoms with E-state index in [1.54, 1.807) is 0 Å². The molecule has 0 spiro atoms. The van der Waals surface area contributed by atoms with E-state index in [2.05, 4.69) is 14.0 Å². The van der Waals surface area contributed by atoms with Gasteiger partial charge in [-0.3, -0.25) is 4.55 Å². The van der Waals surface area contributed by atoms with E-state index in [9.17, 15) is 21.4 Å². The van der Waals surface area contributed by atoms with E-state index >= 15 is 0 Å². The van der Waals surface area contributed by atoms with Crippen LogP contribution in [0.2, 0.25) is 0 Å². The second-order valence-electron chi connectivity index (χ2n) is 9.25. The van der Waals surface area contributed by atoms with Crippen LogP contribution in [0.3, 0.4) is 0 Å². The van der Waals surface area contributed by atoms with E-state index in [0.29, 0.717) is 17.6 Å². The molecule has 1 aliphatic rings. The Morgan fingerprint density at radius 2 is 1.21 bits per heavy atom. The van der Waals surface area contributed by atoms with Crippen LogP contribution in [-0.2, 0) is 20.0 Å². The van der Waals surface area contributed by atoms with Crippen molar-refractivity contribution >= 4 is 20.0 Å². The molecular formula is C20H42NO5S2+. The predicted octanol–water partition coefficient (Wildman–Crippen LogP) is 3.53. The molecule has 0 aromatic heterocycles. The predicted molar refractivity (Wildman–Crippen MR) is 116 cm³/mol. The largest absolute Gasteiger partial charge is 0.326 e. The molecular weight excluding hydrogens is 398 g/mol. The summed E-state index contributed by atoms with van der Waals surface area (Å²) in [6, 6.07) is 0. The lowest BCUT2D eigenvalue weighted by Gasteiger charge is -2.30. The molecule has 6 nitrogen and oxygen atoms in total. The Hall–Kier alpha value is -0.180. The van der Waals surface area contributed by atoms with Gasteiger partial charge in [0.25, 0.3) is 10.1 Å². The van der Waals surface area contributed by atoms with Crippen molar-refractivity contribution in [3.05, 3.63) is 0 Å². The van der Waals surface area contributed by atoms with Crippen molar-refractivity contribution < 1.29 is 25.9 Å². The zero-order valence-electron chi connectivity index (χ0n) is 18.1. The Labute approximate surface area is 173 Å². The van der Waals surface area contributed by atoms with Gasteiger partial charge in [-0.25, -0.2) is 8.42 Å². The Balaban J connectivity index is 2.37. The fourth-order valence-electron chi connectivity index (χ4n) is 4.71. The first-order valence-electron chi connectivity index (χ1n) is 10.9. The van der Waals surface area contributed by atoms with Crippen LogP contribution < -0.4 is 0 Å². The monoisotopic (exact) mass is 440 g/mol. The van der Waals surface area contributed by atoms with Crippen LogP contribution in [0, 0.1) is 11.8 Å². The normalized spacial score (nSPS) is 26.0. The minimum Gasteiger partial charge on any atom is -0.326 e. The molecule has 1 rings (SSSR count). The first-order valence-corrected chi connectivity index (χ1v) is 14.6. The number of unbranched alkanes of at least 4 members (excludes halogenated alkanes) is 9. The van der Waals surface area contributed by atoms with Crippen LogP contribution in [0.1, 0.15) is 71.1 Å². The van der Waals surface area contributed by atoms with Crippen molar-refractivity contribution in [1.29, 1.82) is 0 Å². The smallest absolute Gasteiger partial charge is 0.265 e. The molecule has 1 heterocycles. The van der Waals surface area contributed by atoms with E-state index in [1.807, 2.05) is 0 Å². The van der Waals surface area contributed by atoms with Gasteiger partial charge in [0.1, 0.15) is 9.84 Å². The molecule has 0 aromatic rings. The third kappa shape index (κ3) is 11.7. The van der Waals surface area contributed by atoms with Crippen LogP contribution in [0.15, 0.2) is 0 Å². The minimum absolute atomic E-state index is 0.000935. The van der Waals surface area contributed by atoms with Crippen molar-refractivity contribution in [2.45, 2.75) is 71.1 Å². The molecule has 0 bridgehead atoms. The fraction of sp³-hybridized carbons (Fsp3) is 1.00. The SMILES string of the molecule is CCCCCCCCCCCC[N+]1(C)CC(CS(C)(=O)=O)C(CS(=O)(=O)O)C1. The van der Waals surface area contributed by atoms with Gasteiger partial charge in [-0.2, -0.15) is 8.42 Å². The standard InChI is InChI=1S/C20H41NO5S2/c1-4-5-6-7-8-9-10-11-12-13-14-21(2)15-19(17-27(3,22)23)20(16-21)18-28(24,25)26/h19-20H,4-18H2,1-3H3/p+1. The summed E-state index contributed by atoms with van der Waals surface area (Å²) in [5.41, 5.74) is 0. The summed E-state index contributed by atoms with van der Waals surface area (Å²) in [5.74, 6) is -0.833. The number of rotatable bonds is 15. The average molecular weight is 441 g/mol. The van der Waals surface area contributed by atoms with Crippen LogP contribution >= 0.6 is 0 Å². The molecule has 1 N–H and O–H groups in total. The van der Waals surface area contributed by atoms with E-state index in [0.717, 1.165) is 13.0 Å². The van der Waals surface area contributed by atoms with Crippen molar-refractivity contribution in [1.82, 2.24) is 0 Å². The lowest BCUT2D eigenvalue weighted by Crippen LogP contribution is -2.43. The molecule has 1 aliphatic heterocycles. The molecule has 1 saturated heterocycles. The summed E-state index contributed by atoms with van der Waals surface area (Å²) >= 11 is 0. The molecule has 0 saturated carbocycles. The van der Waals surface area contributed by atoms with Crippen LogP contribution in [0.5, 0.6) is 0 Å². The Morgan fingerprint density at radius 1 is 0.786 bits per heavy atom. The molecule has 3 unspecified atom stereocenters. The van der Waals surface area contributed by atoms with Crippen molar-refractivity contribution in [2.24, 2.45) is 11.8 Å². The Morgan fingerprint density at radius 3 is 1.64 bits per heavy atom. The van der Waals surface area contributed by atoms with Gasteiger partial charge >= 0.3 is 0 Å². The number of sulfone groups is 1. The molecule has 0 radical (unpaired) electrons. The summed E-state index contributed by atoms with van der Waals surface area (Å²) < 4.78 is 56.1. The highest BCUT2D eigenvalue weighted by molar-refractivity contribution is 7.90. The van der Waals surface area contributed by atoms with E-state index < -0.39 is 20.0 Å². The lowest BCUT2D eigenvalue weighted by atomic mass is 10.0. The molecule has 0 aliphatic carbocycles. The molecule has 1 fully saturated rings.